The molecular formula is C13H23N3O3. The lowest BCUT2D eigenvalue weighted by Gasteiger charge is -2.42. The molecule has 2 N–H and O–H groups in total. The lowest BCUT2D eigenvalue weighted by atomic mass is 9.87. The number of aliphatic carboxylic acids is 1. The maximum Gasteiger partial charge on any atom is 0.317 e. The monoisotopic (exact) mass is 269 g/mol. The van der Waals surface area contributed by atoms with Gasteiger partial charge in [-0.15, -0.1) is 0 Å². The molecule has 2 fully saturated rings. The molecule has 0 bridgehead atoms. The second kappa shape index (κ2) is 5.77. The van der Waals surface area contributed by atoms with Crippen molar-refractivity contribution in [1.82, 2.24) is 15.1 Å². The molecule has 0 aromatic heterocycles. The van der Waals surface area contributed by atoms with Gasteiger partial charge in [-0.1, -0.05) is 6.92 Å². The number of likely N-dealkylation sites (tertiary alicyclic amines) is 2. The standard InChI is InChI=1S/C13H23N3O3/c1-9(12(17)18)10-7-16(8-10)13(19)14-11-3-5-15(2)6-4-11/h9-11H,3-8H2,1-2H3,(H,14,19)(H,17,18). The van der Waals surface area contributed by atoms with Crippen molar-refractivity contribution in [3.05, 3.63) is 0 Å². The SMILES string of the molecule is CC(C(=O)O)C1CN(C(=O)NC2CCN(C)CC2)C1. The lowest BCUT2D eigenvalue weighted by Crippen LogP contribution is -2.58. The highest BCUT2D eigenvalue weighted by molar-refractivity contribution is 5.76. The lowest BCUT2D eigenvalue weighted by molar-refractivity contribution is -0.144. The van der Waals surface area contributed by atoms with Gasteiger partial charge in [0.2, 0.25) is 0 Å². The van der Waals surface area contributed by atoms with Gasteiger partial charge >= 0.3 is 12.0 Å². The molecule has 0 radical (unpaired) electrons. The summed E-state index contributed by atoms with van der Waals surface area (Å²) in [7, 11) is 2.09. The number of piperidine rings is 1. The summed E-state index contributed by atoms with van der Waals surface area (Å²) in [6.45, 7) is 4.87. The van der Waals surface area contributed by atoms with Crippen molar-refractivity contribution in [3.63, 3.8) is 0 Å². The average Bonchev–Trinajstić information content (AvgIpc) is 2.30. The molecule has 0 aliphatic carbocycles. The first kappa shape index (κ1) is 14.1. The normalized spacial score (nSPS) is 23.8. The summed E-state index contributed by atoms with van der Waals surface area (Å²) in [5.74, 6) is -1.05. The van der Waals surface area contributed by atoms with Crippen LogP contribution < -0.4 is 5.32 Å². The van der Waals surface area contributed by atoms with Gasteiger partial charge in [-0.3, -0.25) is 4.79 Å². The van der Waals surface area contributed by atoms with E-state index in [1.807, 2.05) is 0 Å². The average molecular weight is 269 g/mol. The van der Waals surface area contributed by atoms with E-state index >= 15 is 0 Å². The van der Waals surface area contributed by atoms with Gasteiger partial charge in [0.05, 0.1) is 5.92 Å². The fourth-order valence-electron chi connectivity index (χ4n) is 2.62. The predicted molar refractivity (Wildman–Crippen MR) is 70.9 cm³/mol. The zero-order valence-electron chi connectivity index (χ0n) is 11.6. The highest BCUT2D eigenvalue weighted by atomic mass is 16.4. The van der Waals surface area contributed by atoms with Crippen molar-refractivity contribution in [1.29, 1.82) is 0 Å². The van der Waals surface area contributed by atoms with Gasteiger partial charge in [0.15, 0.2) is 0 Å². The van der Waals surface area contributed by atoms with Gasteiger partial charge in [-0.25, -0.2) is 4.79 Å². The summed E-state index contributed by atoms with van der Waals surface area (Å²) in [6.07, 6.45) is 1.98. The highest BCUT2D eigenvalue weighted by Crippen LogP contribution is 2.24. The van der Waals surface area contributed by atoms with E-state index in [4.69, 9.17) is 5.11 Å². The smallest absolute Gasteiger partial charge is 0.317 e. The summed E-state index contributed by atoms with van der Waals surface area (Å²) < 4.78 is 0. The maximum atomic E-state index is 12.0. The maximum absolute atomic E-state index is 12.0. The Balaban J connectivity index is 1.70. The van der Waals surface area contributed by atoms with Gasteiger partial charge in [-0.2, -0.15) is 0 Å². The minimum Gasteiger partial charge on any atom is -0.481 e. The molecule has 1 atom stereocenters. The number of hydrogen-bond donors (Lipinski definition) is 2. The van der Waals surface area contributed by atoms with Gasteiger partial charge in [0.25, 0.3) is 0 Å². The van der Waals surface area contributed by atoms with E-state index in [9.17, 15) is 9.59 Å². The number of carboxylic acid groups (broad SMARTS) is 1. The minimum atomic E-state index is -0.777. The number of carbonyl (C=O) groups is 2. The van der Waals surface area contributed by atoms with Crippen LogP contribution in [0.1, 0.15) is 19.8 Å². The van der Waals surface area contributed by atoms with Gasteiger partial charge in [0.1, 0.15) is 0 Å². The third-order valence-electron chi connectivity index (χ3n) is 4.34. The molecular weight excluding hydrogens is 246 g/mol. The first-order valence-corrected chi connectivity index (χ1v) is 6.94. The van der Waals surface area contributed by atoms with E-state index in [1.165, 1.54) is 0 Å². The van der Waals surface area contributed by atoms with Crippen LogP contribution in [0.4, 0.5) is 4.79 Å². The quantitative estimate of drug-likeness (QED) is 0.780. The number of nitrogens with one attached hydrogen (secondary N) is 1. The van der Waals surface area contributed by atoms with E-state index < -0.39 is 5.97 Å². The fraction of sp³-hybridized carbons (Fsp3) is 0.846. The largest absolute Gasteiger partial charge is 0.481 e. The Morgan fingerprint density at radius 1 is 1.26 bits per heavy atom. The third-order valence-corrected chi connectivity index (χ3v) is 4.34. The molecule has 0 spiro atoms. The van der Waals surface area contributed by atoms with Crippen LogP contribution in [0.5, 0.6) is 0 Å². The number of nitrogens with zero attached hydrogens (tertiary/aromatic N) is 2. The first-order chi connectivity index (χ1) is 8.97. The Labute approximate surface area is 113 Å². The summed E-state index contributed by atoms with van der Waals surface area (Å²) >= 11 is 0. The fourth-order valence-corrected chi connectivity index (χ4v) is 2.62. The zero-order valence-corrected chi connectivity index (χ0v) is 11.6. The van der Waals surface area contributed by atoms with Gasteiger partial charge in [0, 0.05) is 25.0 Å². The van der Waals surface area contributed by atoms with E-state index in [-0.39, 0.29) is 23.9 Å². The first-order valence-electron chi connectivity index (χ1n) is 6.94. The molecule has 2 aliphatic rings. The van der Waals surface area contributed by atoms with Crippen molar-refractivity contribution in [2.75, 3.05) is 33.2 Å². The van der Waals surface area contributed by atoms with Crippen LogP contribution in [0.25, 0.3) is 0 Å². The van der Waals surface area contributed by atoms with Crippen LogP contribution >= 0.6 is 0 Å². The summed E-state index contributed by atoms with van der Waals surface area (Å²) in [6, 6.07) is 0.225. The molecule has 2 amide bonds. The number of amides is 2. The Morgan fingerprint density at radius 3 is 2.37 bits per heavy atom. The molecule has 19 heavy (non-hydrogen) atoms. The van der Waals surface area contributed by atoms with E-state index in [0.29, 0.717) is 13.1 Å². The number of carboxylic acids is 1. The van der Waals surface area contributed by atoms with Crippen LogP contribution in [-0.4, -0.2) is 66.2 Å². The molecule has 2 saturated heterocycles. The topological polar surface area (TPSA) is 72.9 Å². The van der Waals surface area contributed by atoms with Crippen molar-refractivity contribution in [2.45, 2.75) is 25.8 Å². The molecule has 0 saturated carbocycles. The highest BCUT2D eigenvalue weighted by Gasteiger charge is 2.37. The molecule has 0 aromatic rings. The Bertz CT molecular complexity index is 347. The van der Waals surface area contributed by atoms with Crippen molar-refractivity contribution >= 4 is 12.0 Å². The summed E-state index contributed by atoms with van der Waals surface area (Å²) in [5, 5.41) is 11.9. The Kier molecular flexibility index (Phi) is 4.29. The van der Waals surface area contributed by atoms with Crippen LogP contribution in [-0.2, 0) is 4.79 Å². The molecule has 0 aromatic carbocycles. The third kappa shape index (κ3) is 3.37. The molecule has 2 aliphatic heterocycles. The van der Waals surface area contributed by atoms with Crippen molar-refractivity contribution in [3.8, 4) is 0 Å². The second-order valence-electron chi connectivity index (χ2n) is 5.82. The molecule has 1 unspecified atom stereocenters. The Hall–Kier alpha value is -1.30. The number of hydrogen-bond acceptors (Lipinski definition) is 3. The number of carbonyl (C=O) groups excluding carboxylic acids is 1. The van der Waals surface area contributed by atoms with E-state index in [1.54, 1.807) is 11.8 Å². The van der Waals surface area contributed by atoms with E-state index in [0.717, 1.165) is 25.9 Å². The number of urea groups is 1. The predicted octanol–water partition coefficient (Wildman–Crippen LogP) is 0.443. The molecule has 2 rings (SSSR count). The van der Waals surface area contributed by atoms with Crippen molar-refractivity contribution in [2.24, 2.45) is 11.8 Å². The summed E-state index contributed by atoms with van der Waals surface area (Å²) in [4.78, 5) is 26.8. The van der Waals surface area contributed by atoms with E-state index in [2.05, 4.69) is 17.3 Å². The van der Waals surface area contributed by atoms with Crippen LogP contribution in [0, 0.1) is 11.8 Å². The summed E-state index contributed by atoms with van der Waals surface area (Å²) in [5.41, 5.74) is 0. The van der Waals surface area contributed by atoms with Crippen LogP contribution in [0.2, 0.25) is 0 Å². The van der Waals surface area contributed by atoms with Gasteiger partial charge < -0.3 is 20.2 Å². The molecule has 6 nitrogen and oxygen atoms in total. The minimum absolute atomic E-state index is 0.0385. The van der Waals surface area contributed by atoms with Crippen LogP contribution in [0.15, 0.2) is 0 Å². The molecule has 6 heteroatoms. The second-order valence-corrected chi connectivity index (χ2v) is 5.82. The van der Waals surface area contributed by atoms with Gasteiger partial charge in [-0.05, 0) is 33.0 Å². The van der Waals surface area contributed by atoms with Crippen molar-refractivity contribution < 1.29 is 14.7 Å². The molecule has 2 heterocycles. The number of rotatable bonds is 3. The zero-order chi connectivity index (χ0) is 14.0. The van der Waals surface area contributed by atoms with Crippen LogP contribution in [0.3, 0.4) is 0 Å². The Morgan fingerprint density at radius 2 is 1.84 bits per heavy atom. The molecule has 108 valence electrons.